The molecule has 0 fully saturated rings. The summed E-state index contributed by atoms with van der Waals surface area (Å²) in [5, 5.41) is 3.12. The summed E-state index contributed by atoms with van der Waals surface area (Å²) in [6.45, 7) is 1.10. The lowest BCUT2D eigenvalue weighted by atomic mass is 10.1. The summed E-state index contributed by atoms with van der Waals surface area (Å²) >= 11 is 0. The molecule has 5 heteroatoms. The van der Waals surface area contributed by atoms with Crippen LogP contribution in [0.3, 0.4) is 0 Å². The number of nitrogens with zero attached hydrogens (tertiary/aromatic N) is 1. The molecule has 4 N–H and O–H groups in total. The average Bonchev–Trinajstić information content (AvgIpc) is 2.55. The number of aliphatic imine (C=N–C) groups is 1. The molecule has 0 aromatic heterocycles. The van der Waals surface area contributed by atoms with E-state index in [9.17, 15) is 0 Å². The van der Waals surface area contributed by atoms with Crippen molar-refractivity contribution in [1.29, 1.82) is 0 Å². The highest BCUT2D eigenvalue weighted by atomic mass is 16.5. The number of benzene rings is 2. The van der Waals surface area contributed by atoms with E-state index < -0.39 is 0 Å². The summed E-state index contributed by atoms with van der Waals surface area (Å²) in [7, 11) is 1.64. The molecule has 0 unspecified atom stereocenters. The van der Waals surface area contributed by atoms with Crippen LogP contribution in [0.4, 0.5) is 5.69 Å². The van der Waals surface area contributed by atoms with Crippen LogP contribution < -0.4 is 16.6 Å². The van der Waals surface area contributed by atoms with Gasteiger partial charge in [0.2, 0.25) is 5.96 Å². The van der Waals surface area contributed by atoms with Gasteiger partial charge in [0.1, 0.15) is 0 Å². The second-order valence-electron chi connectivity index (χ2n) is 4.44. The van der Waals surface area contributed by atoms with Gasteiger partial charge in [-0.2, -0.15) is 0 Å². The van der Waals surface area contributed by atoms with Gasteiger partial charge in [-0.05, 0) is 23.3 Å². The van der Waals surface area contributed by atoms with Crippen molar-refractivity contribution in [3.05, 3.63) is 54.6 Å². The van der Waals surface area contributed by atoms with E-state index in [2.05, 4.69) is 40.0 Å². The smallest absolute Gasteiger partial charge is 0.210 e. The van der Waals surface area contributed by atoms with E-state index >= 15 is 0 Å². The number of rotatable bonds is 5. The normalized spacial score (nSPS) is 11.2. The van der Waals surface area contributed by atoms with Gasteiger partial charge in [0.25, 0.3) is 0 Å². The lowest BCUT2D eigenvalue weighted by Crippen LogP contribution is -2.36. The molecule has 0 aliphatic heterocycles. The van der Waals surface area contributed by atoms with Gasteiger partial charge in [-0.1, -0.05) is 42.5 Å². The first-order valence-corrected chi connectivity index (χ1v) is 6.76. The molecule has 0 atom stereocenters. The molecule has 110 valence electrons. The summed E-state index contributed by atoms with van der Waals surface area (Å²) in [4.78, 5) is 4.25. The van der Waals surface area contributed by atoms with E-state index in [-0.39, 0.29) is 0 Å². The Morgan fingerprint density at radius 1 is 1.05 bits per heavy atom. The summed E-state index contributed by atoms with van der Waals surface area (Å²) < 4.78 is 4.95. The second-order valence-corrected chi connectivity index (χ2v) is 4.44. The van der Waals surface area contributed by atoms with E-state index in [1.807, 2.05) is 30.3 Å². The zero-order valence-corrected chi connectivity index (χ0v) is 12.0. The number of ether oxygens (including phenoxy) is 1. The second kappa shape index (κ2) is 8.04. The third kappa shape index (κ3) is 4.59. The fourth-order valence-corrected chi connectivity index (χ4v) is 1.88. The topological polar surface area (TPSA) is 71.7 Å². The van der Waals surface area contributed by atoms with Crippen molar-refractivity contribution in [2.45, 2.75) is 0 Å². The molecule has 0 saturated carbocycles. The number of hydrogen-bond donors (Lipinski definition) is 3. The van der Waals surface area contributed by atoms with E-state index in [1.165, 1.54) is 11.1 Å². The molecule has 0 aliphatic rings. The van der Waals surface area contributed by atoms with Crippen LogP contribution in [0.5, 0.6) is 0 Å². The van der Waals surface area contributed by atoms with Gasteiger partial charge in [-0.25, -0.2) is 10.8 Å². The minimum Gasteiger partial charge on any atom is -0.383 e. The van der Waals surface area contributed by atoms with Gasteiger partial charge < -0.3 is 10.1 Å². The molecule has 0 heterocycles. The maximum atomic E-state index is 5.44. The van der Waals surface area contributed by atoms with Gasteiger partial charge in [0.05, 0.1) is 13.2 Å². The summed E-state index contributed by atoms with van der Waals surface area (Å²) in [6, 6.07) is 18.3. The highest BCUT2D eigenvalue weighted by molar-refractivity contribution is 5.93. The Labute approximate surface area is 124 Å². The number of methoxy groups -OCH3 is 1. The molecule has 5 nitrogen and oxygen atoms in total. The Kier molecular flexibility index (Phi) is 5.75. The minimum absolute atomic E-state index is 0.513. The Bertz CT molecular complexity index is 567. The summed E-state index contributed by atoms with van der Waals surface area (Å²) in [5.74, 6) is 5.95. The lowest BCUT2D eigenvalue weighted by molar-refractivity contribution is 0.208. The molecule has 0 saturated heterocycles. The van der Waals surface area contributed by atoms with Crippen molar-refractivity contribution >= 4 is 11.6 Å². The zero-order valence-electron chi connectivity index (χ0n) is 12.0. The van der Waals surface area contributed by atoms with Gasteiger partial charge in [-0.15, -0.1) is 0 Å². The SMILES string of the molecule is COCCN=C(NN)Nc1ccc(-c2ccccc2)cc1. The van der Waals surface area contributed by atoms with Gasteiger partial charge in [-0.3, -0.25) is 5.43 Å². The first-order chi connectivity index (χ1) is 10.3. The first kappa shape index (κ1) is 15.0. The first-order valence-electron chi connectivity index (χ1n) is 6.76. The van der Waals surface area contributed by atoms with Crippen LogP contribution in [-0.4, -0.2) is 26.2 Å². The zero-order chi connectivity index (χ0) is 14.9. The molecule has 2 aromatic carbocycles. The van der Waals surface area contributed by atoms with Crippen molar-refractivity contribution in [3.8, 4) is 11.1 Å². The maximum Gasteiger partial charge on any atom is 0.210 e. The quantitative estimate of drug-likeness (QED) is 0.259. The van der Waals surface area contributed by atoms with Crippen molar-refractivity contribution in [1.82, 2.24) is 5.43 Å². The van der Waals surface area contributed by atoms with E-state index in [0.717, 1.165) is 5.69 Å². The molecule has 21 heavy (non-hydrogen) atoms. The lowest BCUT2D eigenvalue weighted by Gasteiger charge is -2.10. The molecular weight excluding hydrogens is 264 g/mol. The van der Waals surface area contributed by atoms with Crippen LogP contribution in [-0.2, 0) is 4.74 Å². The highest BCUT2D eigenvalue weighted by Crippen LogP contribution is 2.20. The molecule has 2 aromatic rings. The number of anilines is 1. The number of nitrogens with one attached hydrogen (secondary N) is 2. The number of nitrogens with two attached hydrogens (primary N) is 1. The molecule has 0 radical (unpaired) electrons. The van der Waals surface area contributed by atoms with Gasteiger partial charge in [0, 0.05) is 12.8 Å². The van der Waals surface area contributed by atoms with Crippen molar-refractivity contribution < 1.29 is 4.74 Å². The number of hydrazine groups is 1. The highest BCUT2D eigenvalue weighted by Gasteiger charge is 2.00. The largest absolute Gasteiger partial charge is 0.383 e. The predicted octanol–water partition coefficient (Wildman–Crippen LogP) is 2.23. The monoisotopic (exact) mass is 284 g/mol. The van der Waals surface area contributed by atoms with Gasteiger partial charge in [0.15, 0.2) is 0 Å². The van der Waals surface area contributed by atoms with Crippen LogP contribution in [0.25, 0.3) is 11.1 Å². The number of guanidine groups is 1. The van der Waals surface area contributed by atoms with E-state index in [4.69, 9.17) is 10.6 Å². The Morgan fingerprint density at radius 3 is 2.33 bits per heavy atom. The molecule has 2 rings (SSSR count). The van der Waals surface area contributed by atoms with Crippen LogP contribution >= 0.6 is 0 Å². The van der Waals surface area contributed by atoms with Crippen molar-refractivity contribution in [3.63, 3.8) is 0 Å². The maximum absolute atomic E-state index is 5.44. The molecule has 0 bridgehead atoms. The van der Waals surface area contributed by atoms with E-state index in [0.29, 0.717) is 19.1 Å². The van der Waals surface area contributed by atoms with Crippen molar-refractivity contribution in [2.75, 3.05) is 25.6 Å². The minimum atomic E-state index is 0.513. The molecule has 0 spiro atoms. The van der Waals surface area contributed by atoms with Gasteiger partial charge >= 0.3 is 0 Å². The summed E-state index contributed by atoms with van der Waals surface area (Å²) in [6.07, 6.45) is 0. The summed E-state index contributed by atoms with van der Waals surface area (Å²) in [5.41, 5.74) is 5.82. The number of hydrogen-bond acceptors (Lipinski definition) is 3. The third-order valence-electron chi connectivity index (χ3n) is 2.96. The van der Waals surface area contributed by atoms with Crippen LogP contribution in [0.2, 0.25) is 0 Å². The predicted molar refractivity (Wildman–Crippen MR) is 87.0 cm³/mol. The van der Waals surface area contributed by atoms with Crippen LogP contribution in [0, 0.1) is 0 Å². The average molecular weight is 284 g/mol. The fourth-order valence-electron chi connectivity index (χ4n) is 1.88. The Morgan fingerprint density at radius 2 is 1.71 bits per heavy atom. The van der Waals surface area contributed by atoms with Crippen molar-refractivity contribution in [2.24, 2.45) is 10.8 Å². The fraction of sp³-hybridized carbons (Fsp3) is 0.188. The Balaban J connectivity index is 2.03. The Hall–Kier alpha value is -2.37. The van der Waals surface area contributed by atoms with Crippen LogP contribution in [0.15, 0.2) is 59.6 Å². The molecular formula is C16H20N4O. The molecule has 0 aliphatic carbocycles. The van der Waals surface area contributed by atoms with Crippen LogP contribution in [0.1, 0.15) is 0 Å². The van der Waals surface area contributed by atoms with E-state index in [1.54, 1.807) is 7.11 Å². The third-order valence-corrected chi connectivity index (χ3v) is 2.96. The molecule has 0 amide bonds. The standard InChI is InChI=1S/C16H20N4O/c1-21-12-11-18-16(20-17)19-15-9-7-14(8-10-15)13-5-3-2-4-6-13/h2-10H,11-12,17H2,1H3,(H2,18,19,20).